The number of halogens is 1. The van der Waals surface area contributed by atoms with E-state index in [9.17, 15) is 9.18 Å². The first-order chi connectivity index (χ1) is 12.8. The Balaban J connectivity index is 1.84. The Morgan fingerprint density at radius 3 is 2.48 bits per heavy atom. The second kappa shape index (κ2) is 8.03. The second-order valence-corrected chi connectivity index (χ2v) is 7.43. The molecular weight excluding hydrogens is 343 g/mol. The Kier molecular flexibility index (Phi) is 5.73. The number of benzene rings is 1. The third-order valence-corrected chi connectivity index (χ3v) is 4.96. The van der Waals surface area contributed by atoms with Crippen LogP contribution in [0.2, 0.25) is 0 Å². The molecule has 0 unspecified atom stereocenters. The van der Waals surface area contributed by atoms with Gasteiger partial charge in [-0.2, -0.15) is 0 Å². The monoisotopic (exact) mass is 370 g/mol. The number of carbonyl (C=O) groups is 1. The summed E-state index contributed by atoms with van der Waals surface area (Å²) in [6.45, 7) is 10.6. The highest BCUT2D eigenvalue weighted by molar-refractivity contribution is 5.78. The Bertz CT molecular complexity index is 829. The first-order valence-electron chi connectivity index (χ1n) is 9.47. The van der Waals surface area contributed by atoms with E-state index in [2.05, 4.69) is 9.88 Å². The zero-order valence-corrected chi connectivity index (χ0v) is 16.5. The summed E-state index contributed by atoms with van der Waals surface area (Å²) >= 11 is 0. The number of aryl methyl sites for hydroxylation is 2. The number of anilines is 1. The van der Waals surface area contributed by atoms with Crippen molar-refractivity contribution in [2.75, 3.05) is 31.1 Å². The molecule has 0 saturated carbocycles. The van der Waals surface area contributed by atoms with Crippen molar-refractivity contribution in [3.63, 3.8) is 0 Å². The summed E-state index contributed by atoms with van der Waals surface area (Å²) in [5.74, 6) is 1.61. The van der Waals surface area contributed by atoms with Crippen LogP contribution in [0.1, 0.15) is 36.5 Å². The maximum Gasteiger partial charge on any atom is 0.225 e. The molecule has 0 bridgehead atoms. The van der Waals surface area contributed by atoms with E-state index in [0.29, 0.717) is 19.5 Å². The van der Waals surface area contributed by atoms with Gasteiger partial charge in [0.15, 0.2) is 0 Å². The fraction of sp³-hybridized carbons (Fsp3) is 0.476. The quantitative estimate of drug-likeness (QED) is 0.830. The van der Waals surface area contributed by atoms with Crippen molar-refractivity contribution in [1.82, 2.24) is 14.9 Å². The van der Waals surface area contributed by atoms with Crippen molar-refractivity contribution < 1.29 is 9.18 Å². The van der Waals surface area contributed by atoms with Crippen LogP contribution in [0.15, 0.2) is 24.3 Å². The molecule has 1 aliphatic rings. The number of nitrogens with zero attached hydrogens (tertiary/aromatic N) is 4. The molecule has 0 radical (unpaired) electrons. The first-order valence-corrected chi connectivity index (χ1v) is 9.47. The fourth-order valence-electron chi connectivity index (χ4n) is 3.54. The summed E-state index contributed by atoms with van der Waals surface area (Å²) in [4.78, 5) is 25.6. The molecule has 1 aromatic heterocycles. The van der Waals surface area contributed by atoms with Crippen molar-refractivity contribution in [3.8, 4) is 0 Å². The molecule has 0 atom stereocenters. The van der Waals surface area contributed by atoms with E-state index in [4.69, 9.17) is 4.98 Å². The van der Waals surface area contributed by atoms with Gasteiger partial charge in [0.05, 0.1) is 0 Å². The topological polar surface area (TPSA) is 49.3 Å². The van der Waals surface area contributed by atoms with Gasteiger partial charge in [0.1, 0.15) is 17.5 Å². The Labute approximate surface area is 160 Å². The molecule has 6 heteroatoms. The predicted molar refractivity (Wildman–Crippen MR) is 104 cm³/mol. The van der Waals surface area contributed by atoms with Crippen LogP contribution in [0.3, 0.4) is 0 Å². The smallest absolute Gasteiger partial charge is 0.225 e. The minimum Gasteiger partial charge on any atom is -0.353 e. The number of rotatable bonds is 4. The molecule has 1 saturated heterocycles. The van der Waals surface area contributed by atoms with E-state index in [1.165, 1.54) is 6.07 Å². The van der Waals surface area contributed by atoms with Gasteiger partial charge in [-0.1, -0.05) is 26.0 Å². The number of aromatic nitrogens is 2. The molecule has 0 N–H and O–H groups in total. The maximum atomic E-state index is 13.6. The third kappa shape index (κ3) is 4.43. The van der Waals surface area contributed by atoms with Gasteiger partial charge < -0.3 is 9.80 Å². The Morgan fingerprint density at radius 2 is 1.85 bits per heavy atom. The summed E-state index contributed by atoms with van der Waals surface area (Å²) in [6, 6.07) is 6.66. The lowest BCUT2D eigenvalue weighted by atomic mass is 10.0. The average Bonchev–Trinajstić information content (AvgIpc) is 2.63. The van der Waals surface area contributed by atoms with E-state index in [1.54, 1.807) is 12.1 Å². The van der Waals surface area contributed by atoms with Gasteiger partial charge in [0.25, 0.3) is 0 Å². The molecule has 1 amide bonds. The van der Waals surface area contributed by atoms with Crippen LogP contribution in [-0.4, -0.2) is 47.0 Å². The number of amides is 1. The fourth-order valence-corrected chi connectivity index (χ4v) is 3.54. The van der Waals surface area contributed by atoms with Crippen LogP contribution in [-0.2, 0) is 11.2 Å². The SMILES string of the molecule is Cc1nc(C)c(Cc2cccc(F)c2)c(N2CCN(C(=O)C(C)C)CC2)n1. The predicted octanol–water partition coefficient (Wildman–Crippen LogP) is 3.13. The zero-order valence-electron chi connectivity index (χ0n) is 16.5. The van der Waals surface area contributed by atoms with Crippen molar-refractivity contribution in [2.24, 2.45) is 5.92 Å². The van der Waals surface area contributed by atoms with Crippen molar-refractivity contribution in [2.45, 2.75) is 34.1 Å². The highest BCUT2D eigenvalue weighted by Gasteiger charge is 2.25. The highest BCUT2D eigenvalue weighted by atomic mass is 19.1. The van der Waals surface area contributed by atoms with Crippen LogP contribution in [0.25, 0.3) is 0 Å². The minimum absolute atomic E-state index is 0.0172. The van der Waals surface area contributed by atoms with Gasteiger partial charge >= 0.3 is 0 Å². The molecule has 0 aliphatic carbocycles. The lowest BCUT2D eigenvalue weighted by Crippen LogP contribution is -2.50. The van der Waals surface area contributed by atoms with Gasteiger partial charge in [0.2, 0.25) is 5.91 Å². The number of carbonyl (C=O) groups excluding carboxylic acids is 1. The Morgan fingerprint density at radius 1 is 1.15 bits per heavy atom. The molecule has 1 aliphatic heterocycles. The standard InChI is InChI=1S/C21H27FN4O/c1-14(2)21(27)26-10-8-25(9-11-26)20-19(15(3)23-16(4)24-20)13-17-6-5-7-18(22)12-17/h5-7,12,14H,8-11,13H2,1-4H3. The van der Waals surface area contributed by atoms with Crippen molar-refractivity contribution in [3.05, 3.63) is 52.7 Å². The molecular formula is C21H27FN4O. The lowest BCUT2D eigenvalue weighted by molar-refractivity contribution is -0.134. The molecule has 27 heavy (non-hydrogen) atoms. The van der Waals surface area contributed by atoms with Gasteiger partial charge in [-0.05, 0) is 31.5 Å². The molecule has 1 fully saturated rings. The summed E-state index contributed by atoms with van der Waals surface area (Å²) in [5.41, 5.74) is 2.85. The maximum absolute atomic E-state index is 13.6. The minimum atomic E-state index is -0.236. The van der Waals surface area contributed by atoms with Gasteiger partial charge in [0, 0.05) is 49.8 Å². The summed E-state index contributed by atoms with van der Waals surface area (Å²) in [7, 11) is 0. The van der Waals surface area contributed by atoms with Crippen LogP contribution in [0.4, 0.5) is 10.2 Å². The largest absolute Gasteiger partial charge is 0.353 e. The van der Waals surface area contributed by atoms with Crippen LogP contribution < -0.4 is 4.90 Å². The Hall–Kier alpha value is -2.50. The molecule has 144 valence electrons. The second-order valence-electron chi connectivity index (χ2n) is 7.43. The number of hydrogen-bond acceptors (Lipinski definition) is 4. The average molecular weight is 370 g/mol. The normalized spacial score (nSPS) is 14.7. The molecule has 3 rings (SSSR count). The van der Waals surface area contributed by atoms with Gasteiger partial charge in [-0.15, -0.1) is 0 Å². The van der Waals surface area contributed by atoms with Crippen molar-refractivity contribution >= 4 is 11.7 Å². The summed E-state index contributed by atoms with van der Waals surface area (Å²) in [5, 5.41) is 0. The number of hydrogen-bond donors (Lipinski definition) is 0. The lowest BCUT2D eigenvalue weighted by Gasteiger charge is -2.37. The molecule has 2 aromatic rings. The van der Waals surface area contributed by atoms with E-state index in [0.717, 1.165) is 41.6 Å². The summed E-state index contributed by atoms with van der Waals surface area (Å²) in [6.07, 6.45) is 0.588. The van der Waals surface area contributed by atoms with Crippen LogP contribution in [0.5, 0.6) is 0 Å². The van der Waals surface area contributed by atoms with Crippen LogP contribution in [0, 0.1) is 25.6 Å². The highest BCUT2D eigenvalue weighted by Crippen LogP contribution is 2.25. The van der Waals surface area contributed by atoms with E-state index >= 15 is 0 Å². The van der Waals surface area contributed by atoms with Crippen LogP contribution >= 0.6 is 0 Å². The van der Waals surface area contributed by atoms with Gasteiger partial charge in [-0.3, -0.25) is 4.79 Å². The van der Waals surface area contributed by atoms with Crippen molar-refractivity contribution in [1.29, 1.82) is 0 Å². The van der Waals surface area contributed by atoms with Gasteiger partial charge in [-0.25, -0.2) is 14.4 Å². The number of piperazine rings is 1. The molecule has 1 aromatic carbocycles. The van der Waals surface area contributed by atoms with E-state index < -0.39 is 0 Å². The van der Waals surface area contributed by atoms with E-state index in [-0.39, 0.29) is 17.6 Å². The first kappa shape index (κ1) is 19.3. The van der Waals surface area contributed by atoms with E-state index in [1.807, 2.05) is 38.7 Å². The molecule has 5 nitrogen and oxygen atoms in total. The third-order valence-electron chi connectivity index (χ3n) is 4.96. The summed E-state index contributed by atoms with van der Waals surface area (Å²) < 4.78 is 13.6. The zero-order chi connectivity index (χ0) is 19.6. The molecule has 0 spiro atoms. The molecule has 2 heterocycles.